The van der Waals surface area contributed by atoms with Gasteiger partial charge in [0.05, 0.1) is 0 Å². The van der Waals surface area contributed by atoms with Crippen LogP contribution in [0.4, 0.5) is 34.1 Å². The molecule has 0 bridgehead atoms. The highest BCUT2D eigenvalue weighted by Crippen LogP contribution is 2.41. The zero-order valence-corrected chi connectivity index (χ0v) is 44.1. The molecule has 0 fully saturated rings. The Hall–Kier alpha value is -10.2. The number of nitrogens with zero attached hydrogens (tertiary/aromatic N) is 2. The molecule has 0 atom stereocenters. The van der Waals surface area contributed by atoms with E-state index in [0.29, 0.717) is 0 Å². The maximum absolute atomic E-state index is 2.47. The lowest BCUT2D eigenvalue weighted by atomic mass is 9.33. The van der Waals surface area contributed by atoms with E-state index in [4.69, 9.17) is 0 Å². The molecule has 13 aromatic carbocycles. The molecule has 2 aliphatic rings. The van der Waals surface area contributed by atoms with E-state index in [1.165, 1.54) is 122 Å². The minimum Gasteiger partial charge on any atom is -0.312 e. The van der Waals surface area contributed by atoms with Gasteiger partial charge in [0, 0.05) is 34.1 Å². The highest BCUT2D eigenvalue weighted by Gasteiger charge is 2.39. The van der Waals surface area contributed by atoms with Crippen molar-refractivity contribution in [1.29, 1.82) is 0 Å². The summed E-state index contributed by atoms with van der Waals surface area (Å²) in [6.45, 7) is -0.0548. The van der Waals surface area contributed by atoms with Crippen LogP contribution in [0.15, 0.2) is 315 Å². The van der Waals surface area contributed by atoms with E-state index >= 15 is 0 Å². The third-order valence-corrected chi connectivity index (χ3v) is 16.7. The minimum absolute atomic E-state index is 0.000439. The van der Waals surface area contributed by atoms with Crippen LogP contribution in [0.5, 0.6) is 0 Å². The van der Waals surface area contributed by atoms with E-state index in [9.17, 15) is 0 Å². The van der Waals surface area contributed by atoms with Crippen molar-refractivity contribution in [3.8, 4) is 55.6 Å². The zero-order chi connectivity index (χ0) is 52.9. The first-order chi connectivity index (χ1) is 39.7. The molecule has 0 radical (unpaired) electrons. The summed E-state index contributed by atoms with van der Waals surface area (Å²) in [6.07, 6.45) is 0. The smallest absolute Gasteiger partial charge is 0.248 e. The van der Waals surface area contributed by atoms with Crippen molar-refractivity contribution in [3.63, 3.8) is 0 Å². The molecule has 372 valence electrons. The molecule has 13 aromatic rings. The number of benzene rings is 13. The first-order valence-corrected chi connectivity index (χ1v) is 27.8. The van der Waals surface area contributed by atoms with Crippen molar-refractivity contribution < 1.29 is 0 Å². The van der Waals surface area contributed by atoms with Gasteiger partial charge in [0.25, 0.3) is 0 Å². The number of hydrogen-bond donors (Lipinski definition) is 0. The third kappa shape index (κ3) is 8.15. The van der Waals surface area contributed by atoms with Gasteiger partial charge in [-0.25, -0.2) is 0 Å². The molecular weight excluding hydrogens is 962 g/mol. The van der Waals surface area contributed by atoms with E-state index < -0.39 is 0 Å². The Morgan fingerprint density at radius 1 is 0.212 bits per heavy atom. The average Bonchev–Trinajstić information content (AvgIpc) is 3.73. The molecule has 80 heavy (non-hydrogen) atoms. The fraction of sp³-hybridized carbons (Fsp3) is 0. The van der Waals surface area contributed by atoms with Crippen molar-refractivity contribution in [2.45, 2.75) is 0 Å². The molecule has 0 saturated heterocycles. The highest BCUT2D eigenvalue weighted by atomic mass is 15.2. The van der Waals surface area contributed by atoms with Gasteiger partial charge in [-0.05, 0) is 137 Å². The van der Waals surface area contributed by atoms with E-state index in [0.717, 1.165) is 11.4 Å². The van der Waals surface area contributed by atoms with Crippen molar-refractivity contribution in [2.24, 2.45) is 0 Å². The Labute approximate surface area is 469 Å². The van der Waals surface area contributed by atoms with Crippen LogP contribution in [-0.4, -0.2) is 13.4 Å². The first-order valence-electron chi connectivity index (χ1n) is 27.8. The van der Waals surface area contributed by atoms with Crippen molar-refractivity contribution >= 4 is 91.1 Å². The predicted molar refractivity (Wildman–Crippen MR) is 343 cm³/mol. The Morgan fingerprint density at radius 3 is 1.11 bits per heavy atom. The van der Waals surface area contributed by atoms with Gasteiger partial charge < -0.3 is 9.80 Å². The lowest BCUT2D eigenvalue weighted by Gasteiger charge is -2.38. The summed E-state index contributed by atoms with van der Waals surface area (Å²) < 4.78 is 0. The summed E-state index contributed by atoms with van der Waals surface area (Å²) in [5.41, 5.74) is 26.8. The Kier molecular flexibility index (Phi) is 11.8. The van der Waals surface area contributed by atoms with Gasteiger partial charge in [0.1, 0.15) is 0 Å². The second-order valence-corrected chi connectivity index (χ2v) is 21.1. The topological polar surface area (TPSA) is 6.48 Å². The molecule has 15 rings (SSSR count). The molecule has 2 heterocycles. The first kappa shape index (κ1) is 47.1. The summed E-state index contributed by atoms with van der Waals surface area (Å²) >= 11 is 0. The minimum atomic E-state index is -0.0552. The highest BCUT2D eigenvalue weighted by molar-refractivity contribution is 7.00. The fourth-order valence-corrected chi connectivity index (χ4v) is 13.0. The van der Waals surface area contributed by atoms with E-state index in [1.807, 2.05) is 0 Å². The van der Waals surface area contributed by atoms with Crippen molar-refractivity contribution in [3.05, 3.63) is 315 Å². The quantitative estimate of drug-likeness (QED) is 0.133. The second-order valence-electron chi connectivity index (χ2n) is 21.1. The number of anilines is 6. The van der Waals surface area contributed by atoms with Crippen LogP contribution in [0.1, 0.15) is 0 Å². The van der Waals surface area contributed by atoms with Crippen LogP contribution in [0, 0.1) is 0 Å². The molecule has 2 nitrogen and oxygen atoms in total. The van der Waals surface area contributed by atoms with E-state index in [2.05, 4.69) is 325 Å². The van der Waals surface area contributed by atoms with Gasteiger partial charge in [-0.2, -0.15) is 0 Å². The van der Waals surface area contributed by atoms with Crippen molar-refractivity contribution in [2.75, 3.05) is 9.80 Å². The van der Waals surface area contributed by atoms with E-state index in [-0.39, 0.29) is 13.4 Å². The SMILES string of the molecule is c1ccc(-c2ccc(N3c4ccccc4B(c4c(-c5ccccc5)cccc4-c4ccc(-c5ccc6c(c5)B(c5cccc7ccccc57)c5ccccc5N6c5ccc(-c6ccccc6)cc5)cc4)c4ccccc43)cc2)cc1. The Bertz CT molecular complexity index is 4360. The summed E-state index contributed by atoms with van der Waals surface area (Å²) in [5, 5.41) is 2.52. The maximum Gasteiger partial charge on any atom is 0.248 e. The van der Waals surface area contributed by atoms with Crippen LogP contribution in [0.25, 0.3) is 66.4 Å². The zero-order valence-electron chi connectivity index (χ0n) is 44.1. The van der Waals surface area contributed by atoms with Crippen molar-refractivity contribution in [1.82, 2.24) is 0 Å². The molecular formula is C76H52B2N2. The standard InChI is InChI=1S/C76H52B2N2/c1-4-20-53(21-5-1)55-42-47-62(48-43-55)79-73-36-16-13-32-69(73)78(70-33-14-17-37-74(70)79)76-65(59-24-8-3-9-25-59)29-19-30-66(76)60-40-38-57(39-41-60)61-46-51-75-71(52-61)77(67-34-18-27-58-26-10-11-28-64(58)67)68-31-12-15-35-72(68)80(75)63-49-44-56(45-50-63)54-22-6-2-7-23-54/h1-52H. The Morgan fingerprint density at radius 2 is 0.562 bits per heavy atom. The summed E-state index contributed by atoms with van der Waals surface area (Å²) in [6, 6.07) is 116. The molecule has 4 heteroatoms. The van der Waals surface area contributed by atoms with Gasteiger partial charge in [-0.3, -0.25) is 0 Å². The number of hydrogen-bond acceptors (Lipinski definition) is 2. The molecule has 0 N–H and O–H groups in total. The predicted octanol–water partition coefficient (Wildman–Crippen LogP) is 15.8. The molecule has 0 unspecified atom stereocenters. The fourth-order valence-electron chi connectivity index (χ4n) is 13.0. The summed E-state index contributed by atoms with van der Waals surface area (Å²) in [7, 11) is 0. The average molecular weight is 1010 g/mol. The third-order valence-electron chi connectivity index (χ3n) is 16.7. The molecule has 0 saturated carbocycles. The summed E-state index contributed by atoms with van der Waals surface area (Å²) in [4.78, 5) is 4.93. The molecule has 2 aliphatic heterocycles. The van der Waals surface area contributed by atoms with Crippen LogP contribution < -0.4 is 42.6 Å². The summed E-state index contributed by atoms with van der Waals surface area (Å²) in [5.74, 6) is 0. The lowest BCUT2D eigenvalue weighted by Crippen LogP contribution is -2.58. The second kappa shape index (κ2) is 20.0. The molecule has 0 spiro atoms. The van der Waals surface area contributed by atoms with Crippen LogP contribution >= 0.6 is 0 Å². The van der Waals surface area contributed by atoms with Gasteiger partial charge in [-0.15, -0.1) is 0 Å². The number of para-hydroxylation sites is 3. The largest absolute Gasteiger partial charge is 0.312 e. The lowest BCUT2D eigenvalue weighted by molar-refractivity contribution is 1.29. The van der Waals surface area contributed by atoms with Gasteiger partial charge in [0.2, 0.25) is 13.4 Å². The van der Waals surface area contributed by atoms with Crippen LogP contribution in [0.3, 0.4) is 0 Å². The normalized spacial score (nSPS) is 12.4. The van der Waals surface area contributed by atoms with Gasteiger partial charge in [0.15, 0.2) is 0 Å². The van der Waals surface area contributed by atoms with Crippen LogP contribution in [0.2, 0.25) is 0 Å². The molecule has 0 aromatic heterocycles. The monoisotopic (exact) mass is 1010 g/mol. The van der Waals surface area contributed by atoms with Crippen LogP contribution in [-0.2, 0) is 0 Å². The molecule has 0 aliphatic carbocycles. The number of fused-ring (bicyclic) bond motifs is 5. The number of rotatable bonds is 9. The molecule has 0 amide bonds. The maximum atomic E-state index is 2.47. The van der Waals surface area contributed by atoms with E-state index in [1.54, 1.807) is 0 Å². The Balaban J connectivity index is 0.858. The van der Waals surface area contributed by atoms with Gasteiger partial charge in [-0.1, -0.05) is 278 Å². The van der Waals surface area contributed by atoms with Gasteiger partial charge >= 0.3 is 0 Å².